The summed E-state index contributed by atoms with van der Waals surface area (Å²) in [6.07, 6.45) is -1.42. The number of fused-ring (bicyclic) bond motifs is 5. The molecule has 206 valence electrons. The van der Waals surface area contributed by atoms with Gasteiger partial charge in [0.2, 0.25) is 5.91 Å². The number of aliphatic carboxylic acids is 1. The Morgan fingerprint density at radius 3 is 1.80 bits per heavy atom. The molecular formula is C33H28N2O6. The van der Waals surface area contributed by atoms with Gasteiger partial charge in [0.15, 0.2) is 0 Å². The molecule has 0 bridgehead atoms. The van der Waals surface area contributed by atoms with Gasteiger partial charge in [0.05, 0.1) is 12.5 Å². The molecule has 1 aliphatic carbocycles. The van der Waals surface area contributed by atoms with Crippen LogP contribution >= 0.6 is 0 Å². The van der Waals surface area contributed by atoms with Crippen molar-refractivity contribution in [1.82, 2.24) is 10.6 Å². The van der Waals surface area contributed by atoms with Gasteiger partial charge in [0.25, 0.3) is 0 Å². The van der Waals surface area contributed by atoms with E-state index in [1.165, 1.54) is 6.92 Å². The lowest BCUT2D eigenvalue weighted by Gasteiger charge is -2.30. The van der Waals surface area contributed by atoms with Gasteiger partial charge in [-0.3, -0.25) is 4.79 Å². The second kappa shape index (κ2) is 10.5. The lowest BCUT2D eigenvalue weighted by Crippen LogP contribution is -2.55. The number of alkyl carbamates (subject to hydrolysis) is 1. The minimum absolute atomic E-state index is 0.0252. The Balaban J connectivity index is 1.15. The molecule has 2 amide bonds. The normalized spacial score (nSPS) is 14.8. The van der Waals surface area contributed by atoms with Gasteiger partial charge < -0.3 is 25.2 Å². The summed E-state index contributed by atoms with van der Waals surface area (Å²) in [5.74, 6) is -0.871. The molecule has 1 aliphatic heterocycles. The van der Waals surface area contributed by atoms with E-state index in [9.17, 15) is 19.5 Å². The van der Waals surface area contributed by atoms with E-state index in [2.05, 4.69) is 10.6 Å². The Kier molecular flexibility index (Phi) is 6.67. The predicted octanol–water partition coefficient (Wildman–Crippen LogP) is 5.77. The Morgan fingerprint density at radius 1 is 0.780 bits per heavy atom. The Morgan fingerprint density at radius 2 is 1.27 bits per heavy atom. The third kappa shape index (κ3) is 4.89. The fourth-order valence-electron chi connectivity index (χ4n) is 5.63. The van der Waals surface area contributed by atoms with Crippen molar-refractivity contribution in [2.75, 3.05) is 6.61 Å². The minimum atomic E-state index is -1.91. The molecule has 0 aromatic heterocycles. The molecule has 4 aromatic rings. The lowest BCUT2D eigenvalue weighted by atomic mass is 9.93. The summed E-state index contributed by atoms with van der Waals surface area (Å²) in [7, 11) is 0. The van der Waals surface area contributed by atoms with Crippen LogP contribution in [-0.4, -0.2) is 35.2 Å². The monoisotopic (exact) mass is 548 g/mol. The number of para-hydroxylation sites is 2. The highest BCUT2D eigenvalue weighted by molar-refractivity contribution is 5.91. The van der Waals surface area contributed by atoms with Crippen molar-refractivity contribution in [3.05, 3.63) is 119 Å². The number of carboxylic acids is 1. The summed E-state index contributed by atoms with van der Waals surface area (Å²) in [5.41, 5.74) is 3.84. The highest BCUT2D eigenvalue weighted by Gasteiger charge is 2.40. The highest BCUT2D eigenvalue weighted by Crippen LogP contribution is 2.45. The zero-order valence-electron chi connectivity index (χ0n) is 22.3. The van der Waals surface area contributed by atoms with E-state index in [4.69, 9.17) is 9.47 Å². The van der Waals surface area contributed by atoms with Crippen LogP contribution in [0.2, 0.25) is 0 Å². The van der Waals surface area contributed by atoms with Gasteiger partial charge in [-0.15, -0.1) is 0 Å². The molecule has 0 spiro atoms. The van der Waals surface area contributed by atoms with Crippen LogP contribution in [-0.2, 0) is 14.3 Å². The zero-order valence-corrected chi connectivity index (χ0v) is 22.3. The first-order chi connectivity index (χ1) is 19.8. The van der Waals surface area contributed by atoms with Gasteiger partial charge in [0, 0.05) is 17.0 Å². The molecule has 6 rings (SSSR count). The molecule has 3 N–H and O–H groups in total. The minimum Gasteiger partial charge on any atom is -0.479 e. The van der Waals surface area contributed by atoms with E-state index in [1.807, 2.05) is 97.1 Å². The molecule has 1 heterocycles. The van der Waals surface area contributed by atoms with E-state index < -0.39 is 36.0 Å². The van der Waals surface area contributed by atoms with Crippen molar-refractivity contribution in [3.8, 4) is 22.6 Å². The topological polar surface area (TPSA) is 114 Å². The van der Waals surface area contributed by atoms with Crippen LogP contribution in [0.5, 0.6) is 11.5 Å². The maximum absolute atomic E-state index is 13.3. The van der Waals surface area contributed by atoms with Gasteiger partial charge in [-0.25, -0.2) is 9.59 Å². The summed E-state index contributed by atoms with van der Waals surface area (Å²) < 4.78 is 11.5. The van der Waals surface area contributed by atoms with Crippen LogP contribution < -0.4 is 15.4 Å². The van der Waals surface area contributed by atoms with Crippen LogP contribution in [0.25, 0.3) is 11.1 Å². The van der Waals surface area contributed by atoms with Crippen molar-refractivity contribution >= 4 is 18.0 Å². The lowest BCUT2D eigenvalue weighted by molar-refractivity contribution is -0.146. The van der Waals surface area contributed by atoms with E-state index in [0.29, 0.717) is 11.5 Å². The fourth-order valence-corrected chi connectivity index (χ4v) is 5.63. The molecule has 8 heteroatoms. The van der Waals surface area contributed by atoms with E-state index in [-0.39, 0.29) is 12.5 Å². The van der Waals surface area contributed by atoms with Crippen molar-refractivity contribution in [3.63, 3.8) is 0 Å². The number of carbonyl (C=O) groups excluding carboxylic acids is 2. The molecule has 4 aromatic carbocycles. The van der Waals surface area contributed by atoms with Crippen LogP contribution in [0, 0.1) is 0 Å². The zero-order chi connectivity index (χ0) is 28.6. The number of ether oxygens (including phenoxy) is 2. The first-order valence-corrected chi connectivity index (χ1v) is 13.4. The number of benzene rings is 4. The molecular weight excluding hydrogens is 520 g/mol. The average Bonchev–Trinajstić information content (AvgIpc) is 3.29. The molecule has 2 aliphatic rings. The summed E-state index contributed by atoms with van der Waals surface area (Å²) in [6, 6.07) is 30.0. The Hall–Kier alpha value is -5.11. The molecule has 0 saturated heterocycles. The van der Waals surface area contributed by atoms with Crippen molar-refractivity contribution in [1.29, 1.82) is 0 Å². The molecule has 0 saturated carbocycles. The average molecular weight is 549 g/mol. The number of hydrogen-bond donors (Lipinski definition) is 3. The smallest absolute Gasteiger partial charge is 0.408 e. The van der Waals surface area contributed by atoms with Gasteiger partial charge in [0.1, 0.15) is 23.6 Å². The summed E-state index contributed by atoms with van der Waals surface area (Å²) >= 11 is 0. The maximum Gasteiger partial charge on any atom is 0.408 e. The summed E-state index contributed by atoms with van der Waals surface area (Å²) in [6.45, 7) is 1.32. The van der Waals surface area contributed by atoms with Gasteiger partial charge in [-0.1, -0.05) is 84.9 Å². The van der Waals surface area contributed by atoms with Crippen molar-refractivity contribution < 1.29 is 29.0 Å². The van der Waals surface area contributed by atoms with Crippen molar-refractivity contribution in [2.24, 2.45) is 0 Å². The van der Waals surface area contributed by atoms with Crippen molar-refractivity contribution in [2.45, 2.75) is 30.8 Å². The molecule has 0 unspecified atom stereocenters. The molecule has 1 atom stereocenters. The van der Waals surface area contributed by atoms with E-state index in [1.54, 1.807) is 0 Å². The van der Waals surface area contributed by atoms with Crippen LogP contribution in [0.3, 0.4) is 0 Å². The summed E-state index contributed by atoms with van der Waals surface area (Å²) in [5, 5.41) is 15.4. The largest absolute Gasteiger partial charge is 0.479 e. The maximum atomic E-state index is 13.3. The van der Waals surface area contributed by atoms with Gasteiger partial charge in [-0.05, 0) is 41.3 Å². The van der Waals surface area contributed by atoms with Gasteiger partial charge >= 0.3 is 12.1 Å². The standard InChI is InChI=1S/C33H28N2O6/c1-33(31(37)38,18-29(36)34-30-24-14-6-8-16-27(24)41-28-17-9-7-15-25(28)30)35-32(39)40-19-26-22-12-4-2-10-20(22)21-11-3-5-13-23(21)26/h2-17,26,30H,18-19H2,1H3,(H,34,36)(H,35,39)(H,37,38)/t33-/m1/s1. The quantitative estimate of drug-likeness (QED) is 0.270. The Labute approximate surface area is 236 Å². The van der Waals surface area contributed by atoms with Crippen LogP contribution in [0.4, 0.5) is 4.79 Å². The molecule has 0 radical (unpaired) electrons. The third-order valence-electron chi connectivity index (χ3n) is 7.69. The number of hydrogen-bond acceptors (Lipinski definition) is 5. The first kappa shape index (κ1) is 26.1. The number of carbonyl (C=O) groups is 3. The number of carboxylic acid groups (broad SMARTS) is 1. The number of rotatable bonds is 7. The first-order valence-electron chi connectivity index (χ1n) is 13.4. The van der Waals surface area contributed by atoms with Gasteiger partial charge in [-0.2, -0.15) is 0 Å². The SMILES string of the molecule is C[C@](CC(=O)NC1c2ccccc2Oc2ccccc21)(NC(=O)OCC1c2ccccc2-c2ccccc21)C(=O)O. The second-order valence-electron chi connectivity index (χ2n) is 10.4. The molecule has 41 heavy (non-hydrogen) atoms. The fraction of sp³-hybridized carbons (Fsp3) is 0.182. The highest BCUT2D eigenvalue weighted by atomic mass is 16.5. The van der Waals surface area contributed by atoms with Crippen LogP contribution in [0.1, 0.15) is 47.6 Å². The molecule has 0 fully saturated rings. The predicted molar refractivity (Wildman–Crippen MR) is 152 cm³/mol. The van der Waals surface area contributed by atoms with E-state index >= 15 is 0 Å². The number of amides is 2. The third-order valence-corrected chi connectivity index (χ3v) is 7.69. The second-order valence-corrected chi connectivity index (χ2v) is 10.4. The van der Waals surface area contributed by atoms with E-state index in [0.717, 1.165) is 33.4 Å². The molecule has 8 nitrogen and oxygen atoms in total. The summed E-state index contributed by atoms with van der Waals surface area (Å²) in [4.78, 5) is 38.5. The van der Waals surface area contributed by atoms with Crippen LogP contribution in [0.15, 0.2) is 97.1 Å². The Bertz CT molecular complexity index is 1580. The number of nitrogens with one attached hydrogen (secondary N) is 2.